The first-order valence-corrected chi connectivity index (χ1v) is 10.6. The van der Waals surface area contributed by atoms with Crippen LogP contribution < -0.4 is 11.1 Å². The third-order valence-electron chi connectivity index (χ3n) is 4.56. The van der Waals surface area contributed by atoms with E-state index in [1.54, 1.807) is 47.4 Å². The van der Waals surface area contributed by atoms with E-state index < -0.39 is 0 Å². The first kappa shape index (κ1) is 24.4. The van der Waals surface area contributed by atoms with Crippen molar-refractivity contribution in [3.8, 4) is 6.07 Å². The van der Waals surface area contributed by atoms with Gasteiger partial charge in [-0.15, -0.1) is 0 Å². The third-order valence-corrected chi connectivity index (χ3v) is 4.93. The number of nitrogens with two attached hydrogens (primary N) is 1. The quantitative estimate of drug-likeness (QED) is 0.627. The number of nitrogens with zero attached hydrogens (tertiary/aromatic N) is 2. The average molecular weight is 441 g/mol. The number of benzene rings is 2. The highest BCUT2D eigenvalue weighted by Gasteiger charge is 2.19. The van der Waals surface area contributed by atoms with Crippen LogP contribution in [0, 0.1) is 16.7 Å². The van der Waals surface area contributed by atoms with Crippen molar-refractivity contribution in [1.29, 1.82) is 5.26 Å². The molecule has 0 atom stereocenters. The molecule has 0 spiro atoms. The van der Waals surface area contributed by atoms with E-state index in [2.05, 4.69) is 5.32 Å². The molecule has 0 bridgehead atoms. The van der Waals surface area contributed by atoms with Crippen molar-refractivity contribution >= 4 is 29.1 Å². The highest BCUT2D eigenvalue weighted by Crippen LogP contribution is 2.25. The first-order chi connectivity index (χ1) is 14.6. The van der Waals surface area contributed by atoms with Crippen molar-refractivity contribution in [2.24, 2.45) is 11.1 Å². The Morgan fingerprint density at radius 3 is 2.42 bits per heavy atom. The van der Waals surface area contributed by atoms with Gasteiger partial charge >= 0.3 is 0 Å². The largest absolute Gasteiger partial charge is 0.334 e. The number of anilines is 1. The summed E-state index contributed by atoms with van der Waals surface area (Å²) in [5.41, 5.74) is 7.89. The lowest BCUT2D eigenvalue weighted by Gasteiger charge is -2.24. The highest BCUT2D eigenvalue weighted by molar-refractivity contribution is 6.31. The van der Waals surface area contributed by atoms with Crippen LogP contribution in [0.15, 0.2) is 42.5 Å². The Balaban J connectivity index is 2.22. The molecule has 0 heterocycles. The lowest BCUT2D eigenvalue weighted by molar-refractivity contribution is -0.117. The number of nitrogens with one attached hydrogen (secondary N) is 1. The molecule has 0 unspecified atom stereocenters. The molecule has 2 aromatic rings. The maximum Gasteiger partial charge on any atom is 0.254 e. The van der Waals surface area contributed by atoms with Gasteiger partial charge in [0.15, 0.2) is 0 Å². The molecule has 0 radical (unpaired) electrons. The van der Waals surface area contributed by atoms with E-state index in [-0.39, 0.29) is 23.8 Å². The Bertz CT molecular complexity index is 959. The average Bonchev–Trinajstić information content (AvgIpc) is 2.71. The molecule has 0 aromatic heterocycles. The van der Waals surface area contributed by atoms with Gasteiger partial charge in [-0.3, -0.25) is 9.59 Å². The van der Waals surface area contributed by atoms with Gasteiger partial charge in [0.1, 0.15) is 0 Å². The Morgan fingerprint density at radius 2 is 1.84 bits per heavy atom. The number of hydrogen-bond acceptors (Lipinski definition) is 4. The van der Waals surface area contributed by atoms with Crippen LogP contribution in [0.5, 0.6) is 0 Å². The van der Waals surface area contributed by atoms with Gasteiger partial charge in [0.05, 0.1) is 11.6 Å². The van der Waals surface area contributed by atoms with Crippen LogP contribution in [0.2, 0.25) is 5.02 Å². The Labute approximate surface area is 189 Å². The van der Waals surface area contributed by atoms with E-state index in [1.807, 2.05) is 26.8 Å². The zero-order valence-corrected chi connectivity index (χ0v) is 19.0. The summed E-state index contributed by atoms with van der Waals surface area (Å²) < 4.78 is 0. The maximum atomic E-state index is 13.1. The standard InChI is InChI=1S/C24H29ClN4O2/c1-24(2,3)14-22(30)28-20-9-10-21(25)19(13-20)16-29(12-4-11-26)23(31)18-7-5-17(15-27)6-8-18/h5-10,13H,4,11-12,14,16,26H2,1-3H3,(H,28,30). The van der Waals surface area contributed by atoms with E-state index in [9.17, 15) is 9.59 Å². The van der Waals surface area contributed by atoms with E-state index in [0.717, 1.165) is 5.56 Å². The molecule has 0 aliphatic rings. The van der Waals surface area contributed by atoms with Crippen LogP contribution in [0.4, 0.5) is 5.69 Å². The van der Waals surface area contributed by atoms with Gasteiger partial charge in [0.2, 0.25) is 5.91 Å². The van der Waals surface area contributed by atoms with Gasteiger partial charge in [0.25, 0.3) is 5.91 Å². The lowest BCUT2D eigenvalue weighted by Crippen LogP contribution is -2.32. The summed E-state index contributed by atoms with van der Waals surface area (Å²) >= 11 is 6.40. The minimum absolute atomic E-state index is 0.0746. The van der Waals surface area contributed by atoms with Crippen molar-refractivity contribution in [3.05, 3.63) is 64.2 Å². The summed E-state index contributed by atoms with van der Waals surface area (Å²) in [5, 5.41) is 12.4. The van der Waals surface area contributed by atoms with E-state index >= 15 is 0 Å². The molecule has 6 nitrogen and oxygen atoms in total. The topological polar surface area (TPSA) is 99.2 Å². The number of carbonyl (C=O) groups excluding carboxylic acids is 2. The second-order valence-electron chi connectivity index (χ2n) is 8.65. The van der Waals surface area contributed by atoms with E-state index in [0.29, 0.717) is 47.8 Å². The lowest BCUT2D eigenvalue weighted by atomic mass is 9.92. The molecular formula is C24H29ClN4O2. The molecule has 2 amide bonds. The first-order valence-electron chi connectivity index (χ1n) is 10.2. The van der Waals surface area contributed by atoms with Crippen LogP contribution in [0.25, 0.3) is 0 Å². The molecule has 0 saturated carbocycles. The fourth-order valence-electron chi connectivity index (χ4n) is 3.07. The third kappa shape index (κ3) is 7.71. The molecule has 164 valence electrons. The summed E-state index contributed by atoms with van der Waals surface area (Å²) in [7, 11) is 0. The van der Waals surface area contributed by atoms with Crippen LogP contribution in [0.3, 0.4) is 0 Å². The molecule has 0 aliphatic heterocycles. The molecule has 0 saturated heterocycles. The number of nitriles is 1. The Hall–Kier alpha value is -2.88. The Kier molecular flexibility index (Phi) is 8.61. The molecule has 7 heteroatoms. The molecule has 0 aliphatic carbocycles. The van der Waals surface area contributed by atoms with Crippen LogP contribution in [-0.2, 0) is 11.3 Å². The number of carbonyl (C=O) groups is 2. The SMILES string of the molecule is CC(C)(C)CC(=O)Nc1ccc(Cl)c(CN(CCCN)C(=O)c2ccc(C#N)cc2)c1. The van der Waals surface area contributed by atoms with Gasteiger partial charge in [-0.2, -0.15) is 5.26 Å². The van der Waals surface area contributed by atoms with Crippen LogP contribution in [0.1, 0.15) is 55.1 Å². The summed E-state index contributed by atoms with van der Waals surface area (Å²) in [4.78, 5) is 27.0. The Morgan fingerprint density at radius 1 is 1.16 bits per heavy atom. The number of rotatable bonds is 8. The fourth-order valence-corrected chi connectivity index (χ4v) is 3.25. The molecule has 2 rings (SSSR count). The van der Waals surface area contributed by atoms with Crippen molar-refractivity contribution < 1.29 is 9.59 Å². The molecule has 2 aromatic carbocycles. The predicted molar refractivity (Wildman–Crippen MR) is 124 cm³/mol. The van der Waals surface area contributed by atoms with Crippen molar-refractivity contribution in [1.82, 2.24) is 4.90 Å². The van der Waals surface area contributed by atoms with Gasteiger partial charge in [-0.1, -0.05) is 32.4 Å². The zero-order chi connectivity index (χ0) is 23.0. The highest BCUT2D eigenvalue weighted by atomic mass is 35.5. The molecule has 31 heavy (non-hydrogen) atoms. The van der Waals surface area contributed by atoms with Crippen LogP contribution in [-0.4, -0.2) is 29.8 Å². The monoisotopic (exact) mass is 440 g/mol. The van der Waals surface area contributed by atoms with E-state index in [1.165, 1.54) is 0 Å². The van der Waals surface area contributed by atoms with Gasteiger partial charge in [-0.05, 0) is 66.4 Å². The zero-order valence-electron chi connectivity index (χ0n) is 18.2. The fraction of sp³-hybridized carbons (Fsp3) is 0.375. The minimum atomic E-state index is -0.170. The minimum Gasteiger partial charge on any atom is -0.334 e. The van der Waals surface area contributed by atoms with Gasteiger partial charge < -0.3 is 16.0 Å². The van der Waals surface area contributed by atoms with Crippen molar-refractivity contribution in [2.45, 2.75) is 40.2 Å². The van der Waals surface area contributed by atoms with Gasteiger partial charge in [-0.25, -0.2) is 0 Å². The number of hydrogen-bond donors (Lipinski definition) is 2. The number of halogens is 1. The molecular weight excluding hydrogens is 412 g/mol. The predicted octanol–water partition coefficient (Wildman–Crippen LogP) is 4.58. The summed E-state index contributed by atoms with van der Waals surface area (Å²) in [5.74, 6) is -0.245. The second kappa shape index (κ2) is 10.9. The number of amides is 2. The van der Waals surface area contributed by atoms with Gasteiger partial charge in [0, 0.05) is 35.8 Å². The summed E-state index contributed by atoms with van der Waals surface area (Å²) in [6.07, 6.45) is 1.03. The second-order valence-corrected chi connectivity index (χ2v) is 9.06. The smallest absolute Gasteiger partial charge is 0.254 e. The molecule has 0 fully saturated rings. The summed E-state index contributed by atoms with van der Waals surface area (Å²) in [6, 6.07) is 13.8. The van der Waals surface area contributed by atoms with Crippen molar-refractivity contribution in [3.63, 3.8) is 0 Å². The van der Waals surface area contributed by atoms with Crippen molar-refractivity contribution in [2.75, 3.05) is 18.4 Å². The normalized spacial score (nSPS) is 11.0. The van der Waals surface area contributed by atoms with Crippen LogP contribution >= 0.6 is 11.6 Å². The summed E-state index contributed by atoms with van der Waals surface area (Å²) in [6.45, 7) is 7.21. The maximum absolute atomic E-state index is 13.1. The molecule has 3 N–H and O–H groups in total. The van der Waals surface area contributed by atoms with E-state index in [4.69, 9.17) is 22.6 Å².